The highest BCUT2D eigenvalue weighted by molar-refractivity contribution is 9.11. The van der Waals surface area contributed by atoms with E-state index >= 15 is 0 Å². The number of fused-ring (bicyclic) bond motifs is 2. The maximum atomic E-state index is 3.67. The van der Waals surface area contributed by atoms with E-state index in [0.717, 1.165) is 0 Å². The van der Waals surface area contributed by atoms with E-state index in [-0.39, 0.29) is 5.54 Å². The van der Waals surface area contributed by atoms with E-state index < -0.39 is 0 Å². The van der Waals surface area contributed by atoms with Crippen molar-refractivity contribution in [2.45, 2.75) is 37.6 Å². The second kappa shape index (κ2) is 2.63. The summed E-state index contributed by atoms with van der Waals surface area (Å²) >= 11 is 5.55. The average Bonchev–Trinajstić information content (AvgIpc) is 2.78. The minimum absolute atomic E-state index is 0.158. The quantitative estimate of drug-likeness (QED) is 0.763. The summed E-state index contributed by atoms with van der Waals surface area (Å²) < 4.78 is 1.28. The first-order chi connectivity index (χ1) is 6.54. The van der Waals surface area contributed by atoms with Crippen molar-refractivity contribution < 1.29 is 0 Å². The van der Waals surface area contributed by atoms with E-state index in [0.29, 0.717) is 5.41 Å². The van der Waals surface area contributed by atoms with E-state index in [4.69, 9.17) is 0 Å². The van der Waals surface area contributed by atoms with E-state index in [1.165, 1.54) is 28.7 Å². The van der Waals surface area contributed by atoms with Gasteiger partial charge in [0, 0.05) is 22.4 Å². The van der Waals surface area contributed by atoms with Crippen LogP contribution in [0.2, 0.25) is 0 Å². The van der Waals surface area contributed by atoms with Crippen LogP contribution in [0.3, 0.4) is 0 Å². The first-order valence-corrected chi connectivity index (χ1v) is 6.70. The smallest absolute Gasteiger partial charge is 0.0705 e. The van der Waals surface area contributed by atoms with Gasteiger partial charge in [0.2, 0.25) is 0 Å². The van der Waals surface area contributed by atoms with Gasteiger partial charge in [-0.15, -0.1) is 11.3 Å². The van der Waals surface area contributed by atoms with E-state index in [1.807, 2.05) is 11.3 Å². The van der Waals surface area contributed by atoms with Gasteiger partial charge < -0.3 is 5.32 Å². The van der Waals surface area contributed by atoms with E-state index in [1.54, 1.807) is 4.88 Å². The Bertz CT molecular complexity index is 366. The van der Waals surface area contributed by atoms with Crippen LogP contribution in [0.25, 0.3) is 0 Å². The Labute approximate surface area is 97.0 Å². The van der Waals surface area contributed by atoms with Crippen LogP contribution in [0.5, 0.6) is 0 Å². The lowest BCUT2D eigenvalue weighted by molar-refractivity contribution is 0.350. The Kier molecular flexibility index (Phi) is 1.76. The zero-order valence-electron chi connectivity index (χ0n) is 8.48. The summed E-state index contributed by atoms with van der Waals surface area (Å²) in [5, 5.41) is 3.67. The molecule has 1 N–H and O–H groups in total. The fourth-order valence-corrected chi connectivity index (χ4v) is 4.34. The second-order valence-corrected chi connectivity index (χ2v) is 7.48. The van der Waals surface area contributed by atoms with Crippen LogP contribution in [-0.2, 0) is 11.0 Å². The maximum absolute atomic E-state index is 3.67. The lowest BCUT2D eigenvalue weighted by Crippen LogP contribution is -2.46. The molecule has 1 spiro atoms. The molecule has 1 aliphatic heterocycles. The van der Waals surface area contributed by atoms with Crippen LogP contribution in [0, 0.1) is 0 Å². The highest BCUT2D eigenvalue weighted by Crippen LogP contribution is 2.56. The molecule has 1 aromatic heterocycles. The van der Waals surface area contributed by atoms with Crippen molar-refractivity contribution in [3.05, 3.63) is 20.3 Å². The molecule has 76 valence electrons. The lowest BCUT2D eigenvalue weighted by atomic mass is 9.84. The van der Waals surface area contributed by atoms with Gasteiger partial charge >= 0.3 is 0 Å². The molecule has 2 heterocycles. The normalized spacial score (nSPS) is 26.2. The predicted molar refractivity (Wildman–Crippen MR) is 64.0 cm³/mol. The van der Waals surface area contributed by atoms with Gasteiger partial charge in [-0.25, -0.2) is 0 Å². The summed E-state index contributed by atoms with van der Waals surface area (Å²) in [4.78, 5) is 1.63. The molecule has 14 heavy (non-hydrogen) atoms. The Morgan fingerprint density at radius 1 is 1.43 bits per heavy atom. The van der Waals surface area contributed by atoms with E-state index in [9.17, 15) is 0 Å². The third-order valence-corrected chi connectivity index (χ3v) is 5.46. The summed E-state index contributed by atoms with van der Waals surface area (Å²) in [6, 6.07) is 2.30. The number of thiophene rings is 1. The van der Waals surface area contributed by atoms with Gasteiger partial charge in [-0.3, -0.25) is 0 Å². The van der Waals surface area contributed by atoms with Crippen LogP contribution < -0.4 is 5.32 Å². The van der Waals surface area contributed by atoms with Gasteiger partial charge in [-0.1, -0.05) is 0 Å². The molecule has 0 aromatic carbocycles. The Morgan fingerprint density at radius 3 is 2.79 bits per heavy atom. The molecule has 0 atom stereocenters. The average molecular weight is 272 g/mol. The van der Waals surface area contributed by atoms with Crippen molar-refractivity contribution in [2.24, 2.45) is 0 Å². The molecule has 3 heteroatoms. The number of halogens is 1. The molecule has 1 saturated carbocycles. The van der Waals surface area contributed by atoms with Crippen LogP contribution in [0.1, 0.15) is 37.1 Å². The van der Waals surface area contributed by atoms with E-state index in [2.05, 4.69) is 41.2 Å². The van der Waals surface area contributed by atoms with Crippen molar-refractivity contribution in [3.63, 3.8) is 0 Å². The van der Waals surface area contributed by atoms with Crippen molar-refractivity contribution in [1.82, 2.24) is 5.32 Å². The van der Waals surface area contributed by atoms with Crippen LogP contribution in [-0.4, -0.2) is 6.54 Å². The standard InChI is InChI=1S/C11H14BrNS/c1-10(2)7-5-8(12)14-9(7)11(3-4-11)6-13-10/h5,13H,3-4,6H2,1-2H3. The van der Waals surface area contributed by atoms with Crippen molar-refractivity contribution in [2.75, 3.05) is 6.54 Å². The molecule has 2 aliphatic rings. The zero-order chi connectivity index (χ0) is 9.97. The molecular weight excluding hydrogens is 258 g/mol. The van der Waals surface area contributed by atoms with Crippen LogP contribution in [0.15, 0.2) is 9.85 Å². The molecule has 0 radical (unpaired) electrons. The Balaban J connectivity index is 2.19. The third-order valence-electron chi connectivity index (χ3n) is 3.58. The summed E-state index contributed by atoms with van der Waals surface area (Å²) in [7, 11) is 0. The summed E-state index contributed by atoms with van der Waals surface area (Å²) in [6.45, 7) is 5.72. The first-order valence-electron chi connectivity index (χ1n) is 5.09. The number of nitrogens with one attached hydrogen (secondary N) is 1. The van der Waals surface area contributed by atoms with Gasteiger partial charge in [0.05, 0.1) is 3.79 Å². The SMILES string of the molecule is CC1(C)NCC2(CC2)c2sc(Br)cc21. The molecule has 1 fully saturated rings. The summed E-state index contributed by atoms with van der Waals surface area (Å²) in [6.07, 6.45) is 2.74. The largest absolute Gasteiger partial charge is 0.307 e. The zero-order valence-corrected chi connectivity index (χ0v) is 10.9. The molecular formula is C11H14BrNS. The fourth-order valence-electron chi connectivity index (χ4n) is 2.34. The van der Waals surface area contributed by atoms with Gasteiger partial charge in [-0.05, 0) is 54.2 Å². The minimum atomic E-state index is 0.158. The van der Waals surface area contributed by atoms with Gasteiger partial charge in [0.15, 0.2) is 0 Å². The Hall–Kier alpha value is 0.140. The molecule has 0 saturated heterocycles. The predicted octanol–water partition coefficient (Wildman–Crippen LogP) is 3.38. The van der Waals surface area contributed by atoms with Gasteiger partial charge in [-0.2, -0.15) is 0 Å². The number of hydrogen-bond donors (Lipinski definition) is 1. The highest BCUT2D eigenvalue weighted by atomic mass is 79.9. The van der Waals surface area contributed by atoms with Crippen LogP contribution in [0.4, 0.5) is 0 Å². The monoisotopic (exact) mass is 271 g/mol. The fraction of sp³-hybridized carbons (Fsp3) is 0.636. The maximum Gasteiger partial charge on any atom is 0.0705 e. The first kappa shape index (κ1) is 9.37. The second-order valence-electron chi connectivity index (χ2n) is 5.05. The number of hydrogen-bond acceptors (Lipinski definition) is 2. The van der Waals surface area contributed by atoms with Crippen LogP contribution >= 0.6 is 27.3 Å². The minimum Gasteiger partial charge on any atom is -0.307 e. The molecule has 0 amide bonds. The molecule has 0 unspecified atom stereocenters. The molecule has 1 nitrogen and oxygen atoms in total. The molecule has 0 bridgehead atoms. The molecule has 1 aliphatic carbocycles. The summed E-state index contributed by atoms with van der Waals surface area (Å²) in [5.41, 5.74) is 2.19. The van der Waals surface area contributed by atoms with Gasteiger partial charge in [0.25, 0.3) is 0 Å². The lowest BCUT2D eigenvalue weighted by Gasteiger charge is -2.36. The Morgan fingerprint density at radius 2 is 2.14 bits per heavy atom. The number of rotatable bonds is 0. The van der Waals surface area contributed by atoms with Gasteiger partial charge in [0.1, 0.15) is 0 Å². The van der Waals surface area contributed by atoms with Crippen molar-refractivity contribution in [3.8, 4) is 0 Å². The topological polar surface area (TPSA) is 12.0 Å². The molecule has 3 rings (SSSR count). The highest BCUT2D eigenvalue weighted by Gasteiger charge is 2.51. The molecule has 1 aromatic rings. The van der Waals surface area contributed by atoms with Crippen molar-refractivity contribution >= 4 is 27.3 Å². The summed E-state index contributed by atoms with van der Waals surface area (Å²) in [5.74, 6) is 0. The third kappa shape index (κ3) is 1.15. The van der Waals surface area contributed by atoms with Crippen molar-refractivity contribution in [1.29, 1.82) is 0 Å².